The molecule has 2 aromatic rings. The zero-order valence-electron chi connectivity index (χ0n) is 9.42. The molecule has 0 bridgehead atoms. The van der Waals surface area contributed by atoms with Crippen molar-refractivity contribution in [1.82, 2.24) is 15.3 Å². The highest BCUT2D eigenvalue weighted by Crippen LogP contribution is 2.21. The van der Waals surface area contributed by atoms with Crippen LogP contribution in [-0.2, 0) is 0 Å². The van der Waals surface area contributed by atoms with Crippen LogP contribution in [0.4, 0.5) is 0 Å². The van der Waals surface area contributed by atoms with E-state index in [9.17, 15) is 0 Å². The second kappa shape index (κ2) is 5.18. The molecule has 2 aromatic heterocycles. The van der Waals surface area contributed by atoms with Crippen LogP contribution in [0, 0.1) is 0 Å². The topological polar surface area (TPSA) is 37.8 Å². The molecule has 1 N–H and O–H groups in total. The van der Waals surface area contributed by atoms with Gasteiger partial charge in [0.05, 0.1) is 5.51 Å². The molecule has 4 heteroatoms. The molecule has 3 nitrogen and oxygen atoms in total. The minimum absolute atomic E-state index is 0.320. The molecule has 16 heavy (non-hydrogen) atoms. The number of nitrogens with one attached hydrogen (secondary N) is 1. The third-order valence-corrected chi connectivity index (χ3v) is 3.54. The second-order valence-corrected chi connectivity index (χ2v) is 4.71. The average molecular weight is 233 g/mol. The number of hydrogen-bond acceptors (Lipinski definition) is 4. The molecule has 2 heterocycles. The lowest BCUT2D eigenvalue weighted by molar-refractivity contribution is 0.499. The van der Waals surface area contributed by atoms with Crippen LogP contribution in [0.1, 0.15) is 36.4 Å². The Balaban J connectivity index is 2.00. The third-order valence-electron chi connectivity index (χ3n) is 2.58. The summed E-state index contributed by atoms with van der Waals surface area (Å²) in [7, 11) is 0. The predicted molar refractivity (Wildman–Crippen MR) is 66.3 cm³/mol. The van der Waals surface area contributed by atoms with E-state index in [4.69, 9.17) is 0 Å². The van der Waals surface area contributed by atoms with Gasteiger partial charge in [-0.25, -0.2) is 0 Å². The molecular formula is C12H15N3S. The van der Waals surface area contributed by atoms with E-state index in [0.717, 1.165) is 0 Å². The first-order valence-corrected chi connectivity index (χ1v) is 6.19. The number of rotatable bonds is 4. The van der Waals surface area contributed by atoms with Gasteiger partial charge in [-0.05, 0) is 31.5 Å². The van der Waals surface area contributed by atoms with Crippen molar-refractivity contribution < 1.29 is 0 Å². The van der Waals surface area contributed by atoms with Crippen LogP contribution >= 0.6 is 11.3 Å². The number of nitrogens with zero attached hydrogens (tertiary/aromatic N) is 2. The maximum absolute atomic E-state index is 4.09. The van der Waals surface area contributed by atoms with Gasteiger partial charge in [0.15, 0.2) is 0 Å². The van der Waals surface area contributed by atoms with Crippen LogP contribution in [-0.4, -0.2) is 9.97 Å². The van der Waals surface area contributed by atoms with Gasteiger partial charge in [-0.2, -0.15) is 0 Å². The zero-order chi connectivity index (χ0) is 11.4. The van der Waals surface area contributed by atoms with Gasteiger partial charge in [0.25, 0.3) is 0 Å². The fourth-order valence-corrected chi connectivity index (χ4v) is 2.28. The molecule has 2 rings (SSSR count). The van der Waals surface area contributed by atoms with Gasteiger partial charge in [-0.1, -0.05) is 0 Å². The van der Waals surface area contributed by atoms with Crippen molar-refractivity contribution in [1.29, 1.82) is 0 Å². The predicted octanol–water partition coefficient (Wildman–Crippen LogP) is 2.95. The van der Waals surface area contributed by atoms with Gasteiger partial charge in [-0.3, -0.25) is 9.97 Å². The van der Waals surface area contributed by atoms with Gasteiger partial charge in [0, 0.05) is 35.6 Å². The standard InChI is InChI=1S/C12H15N3S/c1-9(11-3-5-13-6-4-11)15-10(2)12-7-14-8-16-12/h3-10,15H,1-2H3/t9-,10?/m0/s1. The summed E-state index contributed by atoms with van der Waals surface area (Å²) in [4.78, 5) is 9.38. The lowest BCUT2D eigenvalue weighted by atomic mass is 10.1. The summed E-state index contributed by atoms with van der Waals surface area (Å²) in [5, 5.41) is 3.54. The SMILES string of the molecule is CC(N[C@@H](C)c1ccncc1)c1cncs1. The van der Waals surface area contributed by atoms with Crippen LogP contribution in [0.5, 0.6) is 0 Å². The van der Waals surface area contributed by atoms with Crippen molar-refractivity contribution in [2.75, 3.05) is 0 Å². The Labute approximate surface area is 99.6 Å². The third kappa shape index (κ3) is 2.65. The quantitative estimate of drug-likeness (QED) is 0.882. The molecule has 0 aliphatic heterocycles. The lowest BCUT2D eigenvalue weighted by Gasteiger charge is -2.18. The summed E-state index contributed by atoms with van der Waals surface area (Å²) in [6.07, 6.45) is 5.57. The van der Waals surface area contributed by atoms with E-state index in [1.807, 2.05) is 36.2 Å². The molecule has 1 unspecified atom stereocenters. The zero-order valence-corrected chi connectivity index (χ0v) is 10.2. The van der Waals surface area contributed by atoms with Crippen LogP contribution in [0.15, 0.2) is 36.2 Å². The number of pyridine rings is 1. The Morgan fingerprint density at radius 3 is 2.50 bits per heavy atom. The maximum Gasteiger partial charge on any atom is 0.0794 e. The van der Waals surface area contributed by atoms with E-state index in [1.165, 1.54) is 10.4 Å². The van der Waals surface area contributed by atoms with Gasteiger partial charge in [0.2, 0.25) is 0 Å². The van der Waals surface area contributed by atoms with E-state index < -0.39 is 0 Å². The van der Waals surface area contributed by atoms with Crippen molar-refractivity contribution in [2.45, 2.75) is 25.9 Å². The lowest BCUT2D eigenvalue weighted by Crippen LogP contribution is -2.21. The average Bonchev–Trinajstić information content (AvgIpc) is 2.83. The molecule has 0 radical (unpaired) electrons. The van der Waals surface area contributed by atoms with E-state index in [2.05, 4.69) is 29.1 Å². The van der Waals surface area contributed by atoms with E-state index >= 15 is 0 Å². The molecule has 0 saturated carbocycles. The van der Waals surface area contributed by atoms with Crippen molar-refractivity contribution in [3.8, 4) is 0 Å². The Bertz CT molecular complexity index is 413. The van der Waals surface area contributed by atoms with Crippen molar-refractivity contribution in [3.05, 3.63) is 46.7 Å². The van der Waals surface area contributed by atoms with Crippen molar-refractivity contribution in [2.24, 2.45) is 0 Å². The van der Waals surface area contributed by atoms with Crippen LogP contribution in [0.25, 0.3) is 0 Å². The van der Waals surface area contributed by atoms with Crippen LogP contribution in [0.2, 0.25) is 0 Å². The summed E-state index contributed by atoms with van der Waals surface area (Å²) >= 11 is 1.68. The molecular weight excluding hydrogens is 218 g/mol. The monoisotopic (exact) mass is 233 g/mol. The van der Waals surface area contributed by atoms with Crippen molar-refractivity contribution in [3.63, 3.8) is 0 Å². The molecule has 0 aliphatic carbocycles. The Hall–Kier alpha value is -1.26. The largest absolute Gasteiger partial charge is 0.303 e. The molecule has 0 aliphatic rings. The van der Waals surface area contributed by atoms with E-state index in [-0.39, 0.29) is 0 Å². The first-order chi connectivity index (χ1) is 7.77. The van der Waals surface area contributed by atoms with Crippen molar-refractivity contribution >= 4 is 11.3 Å². The summed E-state index contributed by atoms with van der Waals surface area (Å²) in [5.74, 6) is 0. The van der Waals surface area contributed by atoms with Gasteiger partial charge in [-0.15, -0.1) is 11.3 Å². The minimum Gasteiger partial charge on any atom is -0.303 e. The smallest absolute Gasteiger partial charge is 0.0794 e. The Morgan fingerprint density at radius 2 is 1.88 bits per heavy atom. The Morgan fingerprint density at radius 1 is 1.12 bits per heavy atom. The molecule has 84 valence electrons. The van der Waals surface area contributed by atoms with Gasteiger partial charge < -0.3 is 5.32 Å². The summed E-state index contributed by atoms with van der Waals surface area (Å²) in [6.45, 7) is 4.32. The normalized spacial score (nSPS) is 14.6. The van der Waals surface area contributed by atoms with Gasteiger partial charge >= 0.3 is 0 Å². The molecule has 0 saturated heterocycles. The van der Waals surface area contributed by atoms with E-state index in [0.29, 0.717) is 12.1 Å². The fraction of sp³-hybridized carbons (Fsp3) is 0.333. The highest BCUT2D eigenvalue weighted by Gasteiger charge is 2.11. The molecule has 0 spiro atoms. The summed E-state index contributed by atoms with van der Waals surface area (Å²) in [5.41, 5.74) is 3.12. The number of hydrogen-bond donors (Lipinski definition) is 1. The van der Waals surface area contributed by atoms with Crippen LogP contribution < -0.4 is 5.32 Å². The number of aromatic nitrogens is 2. The highest BCUT2D eigenvalue weighted by atomic mass is 32.1. The Kier molecular flexibility index (Phi) is 3.64. The minimum atomic E-state index is 0.320. The highest BCUT2D eigenvalue weighted by molar-refractivity contribution is 7.09. The summed E-state index contributed by atoms with van der Waals surface area (Å²) in [6, 6.07) is 4.73. The molecule has 2 atom stereocenters. The molecule has 0 amide bonds. The number of thiazole rings is 1. The van der Waals surface area contributed by atoms with Crippen LogP contribution in [0.3, 0.4) is 0 Å². The first kappa shape index (κ1) is 11.2. The molecule has 0 aromatic carbocycles. The van der Waals surface area contributed by atoms with Gasteiger partial charge in [0.1, 0.15) is 0 Å². The fourth-order valence-electron chi connectivity index (χ4n) is 1.64. The van der Waals surface area contributed by atoms with E-state index in [1.54, 1.807) is 11.3 Å². The summed E-state index contributed by atoms with van der Waals surface area (Å²) < 4.78 is 0. The molecule has 0 fully saturated rings. The first-order valence-electron chi connectivity index (χ1n) is 5.31. The second-order valence-electron chi connectivity index (χ2n) is 3.79. The maximum atomic E-state index is 4.09.